The summed E-state index contributed by atoms with van der Waals surface area (Å²) in [7, 11) is 1.64. The molecule has 0 radical (unpaired) electrons. The van der Waals surface area contributed by atoms with E-state index < -0.39 is 0 Å². The minimum Gasteiger partial charge on any atom is -0.497 e. The van der Waals surface area contributed by atoms with Crippen molar-refractivity contribution in [2.24, 2.45) is 0 Å². The molecular formula is C17H19N3O2. The summed E-state index contributed by atoms with van der Waals surface area (Å²) in [5, 5.41) is 0. The summed E-state index contributed by atoms with van der Waals surface area (Å²) < 4.78 is 5.27. The number of carbonyl (C=O) groups excluding carboxylic acids is 1. The zero-order valence-electron chi connectivity index (χ0n) is 12.6. The van der Waals surface area contributed by atoms with Crippen LogP contribution in [0.5, 0.6) is 5.75 Å². The van der Waals surface area contributed by atoms with E-state index in [4.69, 9.17) is 4.74 Å². The number of nitrogens with zero attached hydrogens (tertiary/aromatic N) is 3. The van der Waals surface area contributed by atoms with Gasteiger partial charge in [0.05, 0.1) is 12.8 Å². The largest absolute Gasteiger partial charge is 0.497 e. The Kier molecular flexibility index (Phi) is 4.23. The monoisotopic (exact) mass is 297 g/mol. The normalized spacial score (nSPS) is 14.8. The number of piperazine rings is 1. The van der Waals surface area contributed by atoms with Crippen LogP contribution in [-0.2, 0) is 0 Å². The zero-order valence-corrected chi connectivity index (χ0v) is 12.6. The van der Waals surface area contributed by atoms with E-state index in [1.807, 2.05) is 42.6 Å². The van der Waals surface area contributed by atoms with Crippen molar-refractivity contribution in [2.45, 2.75) is 0 Å². The highest BCUT2D eigenvalue weighted by Crippen LogP contribution is 2.26. The predicted molar refractivity (Wildman–Crippen MR) is 87.0 cm³/mol. The van der Waals surface area contributed by atoms with Crippen molar-refractivity contribution in [3.8, 4) is 5.75 Å². The number of rotatable bonds is 4. The first kappa shape index (κ1) is 14.4. The smallest absolute Gasteiger partial charge is 0.152 e. The van der Waals surface area contributed by atoms with E-state index in [-0.39, 0.29) is 0 Å². The second-order valence-electron chi connectivity index (χ2n) is 5.20. The van der Waals surface area contributed by atoms with Gasteiger partial charge in [0.15, 0.2) is 6.29 Å². The van der Waals surface area contributed by atoms with E-state index in [9.17, 15) is 4.79 Å². The van der Waals surface area contributed by atoms with Crippen molar-refractivity contribution in [1.82, 2.24) is 4.98 Å². The molecule has 5 heteroatoms. The first-order chi connectivity index (χ1) is 10.8. The van der Waals surface area contributed by atoms with Crippen molar-refractivity contribution in [3.63, 3.8) is 0 Å². The molecular weight excluding hydrogens is 278 g/mol. The molecule has 0 aliphatic carbocycles. The molecule has 3 rings (SSSR count). The number of carbonyl (C=O) groups is 1. The molecule has 1 fully saturated rings. The Bertz CT molecular complexity index is 638. The standard InChI is InChI=1S/C17H19N3O2/c1-22-15-6-5-14(13-21)16(12-15)19-8-10-20(11-9-19)17-4-2-3-7-18-17/h2-7,12-13H,8-11H2,1H3. The molecule has 0 atom stereocenters. The molecule has 0 amide bonds. The van der Waals surface area contributed by atoms with Crippen LogP contribution in [0.3, 0.4) is 0 Å². The second kappa shape index (κ2) is 6.47. The molecule has 1 saturated heterocycles. The zero-order chi connectivity index (χ0) is 15.4. The van der Waals surface area contributed by atoms with Crippen LogP contribution in [-0.4, -0.2) is 44.6 Å². The van der Waals surface area contributed by atoms with E-state index in [0.717, 1.165) is 49.7 Å². The molecule has 0 saturated carbocycles. The third-order valence-corrected chi connectivity index (χ3v) is 3.96. The number of pyridine rings is 1. The SMILES string of the molecule is COc1ccc(C=O)c(N2CCN(c3ccccn3)CC2)c1. The van der Waals surface area contributed by atoms with Crippen LogP contribution in [0.2, 0.25) is 0 Å². The summed E-state index contributed by atoms with van der Waals surface area (Å²) in [4.78, 5) is 20.1. The van der Waals surface area contributed by atoms with Gasteiger partial charge >= 0.3 is 0 Å². The van der Waals surface area contributed by atoms with Gasteiger partial charge in [-0.05, 0) is 24.3 Å². The van der Waals surface area contributed by atoms with E-state index in [1.165, 1.54) is 0 Å². The van der Waals surface area contributed by atoms with Crippen molar-refractivity contribution in [3.05, 3.63) is 48.2 Å². The number of aromatic nitrogens is 1. The highest BCUT2D eigenvalue weighted by Gasteiger charge is 2.20. The summed E-state index contributed by atoms with van der Waals surface area (Å²) in [6, 6.07) is 11.5. The lowest BCUT2D eigenvalue weighted by Gasteiger charge is -2.37. The van der Waals surface area contributed by atoms with Gasteiger partial charge in [0.25, 0.3) is 0 Å². The van der Waals surface area contributed by atoms with Gasteiger partial charge in [-0.1, -0.05) is 6.07 Å². The maximum absolute atomic E-state index is 11.3. The van der Waals surface area contributed by atoms with Crippen molar-refractivity contribution >= 4 is 17.8 Å². The number of hydrogen-bond acceptors (Lipinski definition) is 5. The lowest BCUT2D eigenvalue weighted by molar-refractivity contribution is 0.112. The molecule has 0 unspecified atom stereocenters. The Morgan fingerprint density at radius 3 is 2.50 bits per heavy atom. The molecule has 0 N–H and O–H groups in total. The Balaban J connectivity index is 1.75. The van der Waals surface area contributed by atoms with Crippen LogP contribution in [0.4, 0.5) is 11.5 Å². The average Bonchev–Trinajstić information content (AvgIpc) is 2.62. The lowest BCUT2D eigenvalue weighted by atomic mass is 10.1. The summed E-state index contributed by atoms with van der Waals surface area (Å²) in [5.74, 6) is 1.77. The molecule has 1 aromatic heterocycles. The summed E-state index contributed by atoms with van der Waals surface area (Å²) >= 11 is 0. The van der Waals surface area contributed by atoms with Crippen molar-refractivity contribution < 1.29 is 9.53 Å². The third-order valence-electron chi connectivity index (χ3n) is 3.96. The Morgan fingerprint density at radius 1 is 1.09 bits per heavy atom. The van der Waals surface area contributed by atoms with Crippen LogP contribution in [0.1, 0.15) is 10.4 Å². The Labute approximate surface area is 130 Å². The second-order valence-corrected chi connectivity index (χ2v) is 5.20. The van der Waals surface area contributed by atoms with Crippen LogP contribution in [0.25, 0.3) is 0 Å². The molecule has 0 bridgehead atoms. The van der Waals surface area contributed by atoms with Gasteiger partial charge in [0.1, 0.15) is 11.6 Å². The summed E-state index contributed by atoms with van der Waals surface area (Å²) in [6.07, 6.45) is 2.72. The Morgan fingerprint density at radius 2 is 1.86 bits per heavy atom. The fraction of sp³-hybridized carbons (Fsp3) is 0.294. The lowest BCUT2D eigenvalue weighted by Crippen LogP contribution is -2.47. The first-order valence-electron chi connectivity index (χ1n) is 7.36. The van der Waals surface area contributed by atoms with Gasteiger partial charge in [-0.25, -0.2) is 4.98 Å². The number of benzene rings is 1. The number of methoxy groups -OCH3 is 1. The first-order valence-corrected chi connectivity index (χ1v) is 7.36. The summed E-state index contributed by atoms with van der Waals surface area (Å²) in [6.45, 7) is 3.47. The maximum Gasteiger partial charge on any atom is 0.152 e. The van der Waals surface area contributed by atoms with Gasteiger partial charge in [-0.2, -0.15) is 0 Å². The molecule has 5 nitrogen and oxygen atoms in total. The fourth-order valence-electron chi connectivity index (χ4n) is 2.74. The van der Waals surface area contributed by atoms with Gasteiger partial charge in [-0.15, -0.1) is 0 Å². The van der Waals surface area contributed by atoms with E-state index in [1.54, 1.807) is 7.11 Å². The fourth-order valence-corrected chi connectivity index (χ4v) is 2.74. The van der Waals surface area contributed by atoms with Gasteiger partial charge in [0.2, 0.25) is 0 Å². The van der Waals surface area contributed by atoms with Crippen LogP contribution in [0.15, 0.2) is 42.6 Å². The molecule has 1 aromatic carbocycles. The maximum atomic E-state index is 11.3. The number of anilines is 2. The Hall–Kier alpha value is -2.56. The van der Waals surface area contributed by atoms with E-state index >= 15 is 0 Å². The molecule has 114 valence electrons. The molecule has 1 aliphatic heterocycles. The minimum absolute atomic E-state index is 0.701. The molecule has 0 spiro atoms. The van der Waals surface area contributed by atoms with Gasteiger partial charge < -0.3 is 14.5 Å². The average molecular weight is 297 g/mol. The van der Waals surface area contributed by atoms with Crippen molar-refractivity contribution in [1.29, 1.82) is 0 Å². The predicted octanol–water partition coefficient (Wildman–Crippen LogP) is 2.23. The summed E-state index contributed by atoms with van der Waals surface area (Å²) in [5.41, 5.74) is 1.64. The van der Waals surface area contributed by atoms with E-state index in [2.05, 4.69) is 14.8 Å². The van der Waals surface area contributed by atoms with Crippen LogP contribution in [0, 0.1) is 0 Å². The number of hydrogen-bond donors (Lipinski definition) is 0. The molecule has 1 aliphatic rings. The minimum atomic E-state index is 0.701. The third kappa shape index (κ3) is 2.88. The van der Waals surface area contributed by atoms with Gasteiger partial charge in [0, 0.05) is 44.0 Å². The van der Waals surface area contributed by atoms with Crippen LogP contribution < -0.4 is 14.5 Å². The van der Waals surface area contributed by atoms with Crippen LogP contribution >= 0.6 is 0 Å². The number of ether oxygens (including phenoxy) is 1. The molecule has 22 heavy (non-hydrogen) atoms. The van der Waals surface area contributed by atoms with E-state index in [0.29, 0.717) is 5.56 Å². The van der Waals surface area contributed by atoms with Gasteiger partial charge in [-0.3, -0.25) is 4.79 Å². The quantitative estimate of drug-likeness (QED) is 0.810. The highest BCUT2D eigenvalue weighted by molar-refractivity contribution is 5.85. The molecule has 2 heterocycles. The van der Waals surface area contributed by atoms with Crippen molar-refractivity contribution in [2.75, 3.05) is 43.1 Å². The number of aldehydes is 1. The molecule has 2 aromatic rings. The topological polar surface area (TPSA) is 45.7 Å². The highest BCUT2D eigenvalue weighted by atomic mass is 16.5.